The van der Waals surface area contributed by atoms with E-state index in [-0.39, 0.29) is 5.91 Å². The first kappa shape index (κ1) is 17.2. The summed E-state index contributed by atoms with van der Waals surface area (Å²) in [5.41, 5.74) is 2.71. The first-order valence-electron chi connectivity index (χ1n) is 9.34. The summed E-state index contributed by atoms with van der Waals surface area (Å²) in [6.07, 6.45) is 4.04. The van der Waals surface area contributed by atoms with E-state index in [2.05, 4.69) is 21.2 Å². The van der Waals surface area contributed by atoms with Crippen LogP contribution in [-0.4, -0.2) is 70.3 Å². The average Bonchev–Trinajstić information content (AvgIpc) is 3.21. The van der Waals surface area contributed by atoms with Crippen LogP contribution in [0.2, 0.25) is 0 Å². The molecule has 1 N–H and O–H groups in total. The van der Waals surface area contributed by atoms with Gasteiger partial charge in [-0.1, -0.05) is 6.07 Å². The zero-order valence-electron chi connectivity index (χ0n) is 14.9. The van der Waals surface area contributed by atoms with Crippen LogP contribution in [-0.2, 0) is 11.3 Å². The van der Waals surface area contributed by atoms with Crippen molar-refractivity contribution in [1.82, 2.24) is 25.0 Å². The molecule has 2 aliphatic heterocycles. The van der Waals surface area contributed by atoms with Crippen LogP contribution in [0.25, 0.3) is 0 Å². The molecule has 7 nitrogen and oxygen atoms in total. The van der Waals surface area contributed by atoms with E-state index in [4.69, 9.17) is 9.72 Å². The van der Waals surface area contributed by atoms with E-state index in [0.717, 1.165) is 43.9 Å². The SMILES string of the molecule is O=C(c1cccc([C@H]2CCCN(Cc3ccn[nH]3)C2)n1)N1CCOCC1. The number of morpholine rings is 1. The van der Waals surface area contributed by atoms with Crippen molar-refractivity contribution in [3.05, 3.63) is 47.5 Å². The maximum atomic E-state index is 12.7. The van der Waals surface area contributed by atoms with Gasteiger partial charge in [0.05, 0.1) is 13.2 Å². The summed E-state index contributed by atoms with van der Waals surface area (Å²) < 4.78 is 5.33. The number of aromatic nitrogens is 3. The molecule has 0 aromatic carbocycles. The summed E-state index contributed by atoms with van der Waals surface area (Å²) in [4.78, 5) is 21.7. The molecule has 4 heterocycles. The van der Waals surface area contributed by atoms with Crippen molar-refractivity contribution >= 4 is 5.91 Å². The van der Waals surface area contributed by atoms with Gasteiger partial charge in [-0.3, -0.25) is 14.8 Å². The third-order valence-electron chi connectivity index (χ3n) is 5.16. The number of aromatic amines is 1. The van der Waals surface area contributed by atoms with E-state index in [0.29, 0.717) is 37.9 Å². The lowest BCUT2D eigenvalue weighted by Gasteiger charge is -2.32. The number of pyridine rings is 1. The Hall–Kier alpha value is -2.25. The number of rotatable bonds is 4. The second-order valence-corrected chi connectivity index (χ2v) is 7.01. The topological polar surface area (TPSA) is 74.4 Å². The fourth-order valence-electron chi connectivity index (χ4n) is 3.78. The van der Waals surface area contributed by atoms with Crippen LogP contribution in [0.1, 0.15) is 40.6 Å². The summed E-state index contributed by atoms with van der Waals surface area (Å²) in [5.74, 6) is 0.379. The van der Waals surface area contributed by atoms with Crippen LogP contribution < -0.4 is 0 Å². The lowest BCUT2D eigenvalue weighted by atomic mass is 9.94. The molecular weight excluding hydrogens is 330 g/mol. The number of nitrogens with one attached hydrogen (secondary N) is 1. The lowest BCUT2D eigenvalue weighted by Crippen LogP contribution is -2.41. The van der Waals surface area contributed by atoms with Crippen molar-refractivity contribution in [3.8, 4) is 0 Å². The number of nitrogens with zero attached hydrogens (tertiary/aromatic N) is 4. The van der Waals surface area contributed by atoms with Crippen LogP contribution in [0.4, 0.5) is 0 Å². The zero-order chi connectivity index (χ0) is 17.8. The number of carbonyl (C=O) groups is 1. The van der Waals surface area contributed by atoms with Crippen molar-refractivity contribution in [2.24, 2.45) is 0 Å². The molecule has 1 amide bonds. The predicted octanol–water partition coefficient (Wildman–Crippen LogP) is 1.66. The Bertz CT molecular complexity index is 727. The smallest absolute Gasteiger partial charge is 0.272 e. The largest absolute Gasteiger partial charge is 0.378 e. The van der Waals surface area contributed by atoms with Gasteiger partial charge in [-0.25, -0.2) is 4.98 Å². The molecule has 0 radical (unpaired) electrons. The first-order valence-corrected chi connectivity index (χ1v) is 9.34. The van der Waals surface area contributed by atoms with Gasteiger partial charge in [0.2, 0.25) is 0 Å². The van der Waals surface area contributed by atoms with Crippen molar-refractivity contribution in [3.63, 3.8) is 0 Å². The maximum Gasteiger partial charge on any atom is 0.272 e. The van der Waals surface area contributed by atoms with E-state index in [1.54, 1.807) is 6.20 Å². The Kier molecular flexibility index (Phi) is 5.26. The summed E-state index contributed by atoms with van der Waals surface area (Å²) in [7, 11) is 0. The molecule has 4 rings (SSSR count). The molecule has 7 heteroatoms. The van der Waals surface area contributed by atoms with E-state index in [9.17, 15) is 4.79 Å². The standard InChI is InChI=1S/C19H25N5O2/c25-19(24-9-11-26-12-10-24)18-5-1-4-17(21-18)15-3-2-8-23(13-15)14-16-6-7-20-22-16/h1,4-7,15H,2-3,8-14H2,(H,20,22)/t15-/m0/s1. The monoisotopic (exact) mass is 355 g/mol. The number of ether oxygens (including phenoxy) is 1. The fourth-order valence-corrected chi connectivity index (χ4v) is 3.78. The van der Waals surface area contributed by atoms with Crippen molar-refractivity contribution in [2.75, 3.05) is 39.4 Å². The summed E-state index contributed by atoms with van der Waals surface area (Å²) in [5, 5.41) is 7.06. The quantitative estimate of drug-likeness (QED) is 0.903. The highest BCUT2D eigenvalue weighted by Crippen LogP contribution is 2.26. The molecule has 0 bridgehead atoms. The van der Waals surface area contributed by atoms with Crippen molar-refractivity contribution < 1.29 is 9.53 Å². The Morgan fingerprint density at radius 3 is 2.92 bits per heavy atom. The van der Waals surface area contributed by atoms with Crippen molar-refractivity contribution in [1.29, 1.82) is 0 Å². The third-order valence-corrected chi connectivity index (χ3v) is 5.16. The molecule has 138 valence electrons. The Balaban J connectivity index is 1.44. The number of hydrogen-bond acceptors (Lipinski definition) is 5. The zero-order valence-corrected chi connectivity index (χ0v) is 14.9. The minimum absolute atomic E-state index is 0.0141. The van der Waals surface area contributed by atoms with Gasteiger partial charge < -0.3 is 9.64 Å². The van der Waals surface area contributed by atoms with Crippen LogP contribution in [0.3, 0.4) is 0 Å². The molecular formula is C19H25N5O2. The Morgan fingerprint density at radius 1 is 1.23 bits per heavy atom. The average molecular weight is 355 g/mol. The number of amides is 1. The van der Waals surface area contributed by atoms with Crippen LogP contribution >= 0.6 is 0 Å². The second-order valence-electron chi connectivity index (χ2n) is 7.01. The number of hydrogen-bond donors (Lipinski definition) is 1. The van der Waals surface area contributed by atoms with E-state index < -0.39 is 0 Å². The van der Waals surface area contributed by atoms with Gasteiger partial charge in [0.15, 0.2) is 0 Å². The number of H-pyrrole nitrogens is 1. The first-order chi connectivity index (χ1) is 12.8. The highest BCUT2D eigenvalue weighted by molar-refractivity contribution is 5.92. The lowest BCUT2D eigenvalue weighted by molar-refractivity contribution is 0.0298. The van der Waals surface area contributed by atoms with Gasteiger partial charge >= 0.3 is 0 Å². The van der Waals surface area contributed by atoms with Gasteiger partial charge in [-0.15, -0.1) is 0 Å². The summed E-state index contributed by atoms with van der Waals surface area (Å²) in [6, 6.07) is 7.86. The maximum absolute atomic E-state index is 12.7. The molecule has 0 unspecified atom stereocenters. The normalized spacial score (nSPS) is 21.7. The van der Waals surface area contributed by atoms with E-state index in [1.807, 2.05) is 23.1 Å². The van der Waals surface area contributed by atoms with Crippen molar-refractivity contribution in [2.45, 2.75) is 25.3 Å². The molecule has 0 aliphatic carbocycles. The van der Waals surface area contributed by atoms with E-state index in [1.165, 1.54) is 0 Å². The third kappa shape index (κ3) is 3.94. The Morgan fingerprint density at radius 2 is 2.12 bits per heavy atom. The van der Waals surface area contributed by atoms with Gasteiger partial charge in [0, 0.05) is 49.7 Å². The van der Waals surface area contributed by atoms with E-state index >= 15 is 0 Å². The van der Waals surface area contributed by atoms with Gasteiger partial charge in [0.1, 0.15) is 5.69 Å². The summed E-state index contributed by atoms with van der Waals surface area (Å²) >= 11 is 0. The molecule has 0 saturated carbocycles. The molecule has 2 fully saturated rings. The number of piperidine rings is 1. The molecule has 0 spiro atoms. The molecule has 2 aliphatic rings. The highest BCUT2D eigenvalue weighted by atomic mass is 16.5. The molecule has 26 heavy (non-hydrogen) atoms. The number of carbonyl (C=O) groups excluding carboxylic acids is 1. The highest BCUT2D eigenvalue weighted by Gasteiger charge is 2.25. The fraction of sp³-hybridized carbons (Fsp3) is 0.526. The van der Waals surface area contributed by atoms with Crippen LogP contribution in [0.5, 0.6) is 0 Å². The van der Waals surface area contributed by atoms with Crippen LogP contribution in [0, 0.1) is 0 Å². The molecule has 2 aromatic heterocycles. The van der Waals surface area contributed by atoms with Gasteiger partial charge in [-0.2, -0.15) is 5.10 Å². The number of likely N-dealkylation sites (tertiary alicyclic amines) is 1. The molecule has 2 saturated heterocycles. The molecule has 2 aromatic rings. The van der Waals surface area contributed by atoms with Gasteiger partial charge in [0.25, 0.3) is 5.91 Å². The predicted molar refractivity (Wildman–Crippen MR) is 96.8 cm³/mol. The van der Waals surface area contributed by atoms with Gasteiger partial charge in [-0.05, 0) is 37.6 Å². The Labute approximate surface area is 153 Å². The summed E-state index contributed by atoms with van der Waals surface area (Å²) in [6.45, 7) is 5.43. The second kappa shape index (κ2) is 7.97. The minimum atomic E-state index is 0.0141. The van der Waals surface area contributed by atoms with Crippen LogP contribution in [0.15, 0.2) is 30.5 Å². The molecule has 1 atom stereocenters. The minimum Gasteiger partial charge on any atom is -0.378 e.